The van der Waals surface area contributed by atoms with Crippen LogP contribution in [-0.2, 0) is 0 Å². The molecule has 0 fully saturated rings. The zero-order chi connectivity index (χ0) is 15.1. The first-order chi connectivity index (χ1) is 10.3. The van der Waals surface area contributed by atoms with Crippen LogP contribution in [0.3, 0.4) is 0 Å². The van der Waals surface area contributed by atoms with Crippen molar-refractivity contribution < 1.29 is 0 Å². The maximum atomic E-state index is 3.84. The van der Waals surface area contributed by atoms with Crippen LogP contribution in [0, 0.1) is 5.92 Å². The second-order valence-electron chi connectivity index (χ2n) is 5.96. The predicted octanol–water partition coefficient (Wildman–Crippen LogP) is 6.16. The zero-order valence-corrected chi connectivity index (χ0v) is 14.5. The first-order valence-electron chi connectivity index (χ1n) is 8.51. The maximum Gasteiger partial charge on any atom is 0.0390 e. The van der Waals surface area contributed by atoms with Gasteiger partial charge in [0.2, 0.25) is 0 Å². The number of fused-ring (bicyclic) bond motifs is 1. The third kappa shape index (κ3) is 4.08. The zero-order valence-electron chi connectivity index (χ0n) is 13.7. The summed E-state index contributed by atoms with van der Waals surface area (Å²) in [6, 6.07) is 9.55. The van der Waals surface area contributed by atoms with Crippen LogP contribution in [-0.4, -0.2) is 6.54 Å². The monoisotopic (exact) mass is 303 g/mol. The van der Waals surface area contributed by atoms with Gasteiger partial charge >= 0.3 is 0 Å². The summed E-state index contributed by atoms with van der Waals surface area (Å²) in [6.07, 6.45) is 6.38. The quantitative estimate of drug-likeness (QED) is 0.585. The molecule has 1 aromatic carbocycles. The average molecular weight is 304 g/mol. The molecular formula is C19H29NS. The second kappa shape index (κ2) is 8.55. The fourth-order valence-electron chi connectivity index (χ4n) is 3.31. The number of hydrogen-bond donors (Lipinski definition) is 1. The van der Waals surface area contributed by atoms with Crippen LogP contribution in [0.25, 0.3) is 10.1 Å². The molecule has 0 aliphatic rings. The molecule has 1 N–H and O–H groups in total. The number of thiophene rings is 1. The van der Waals surface area contributed by atoms with Gasteiger partial charge in [0.25, 0.3) is 0 Å². The van der Waals surface area contributed by atoms with Gasteiger partial charge < -0.3 is 5.32 Å². The molecule has 0 spiro atoms. The van der Waals surface area contributed by atoms with Crippen LogP contribution in [0.4, 0.5) is 0 Å². The highest BCUT2D eigenvalue weighted by atomic mass is 32.1. The highest BCUT2D eigenvalue weighted by molar-refractivity contribution is 7.17. The molecule has 1 heterocycles. The molecule has 1 aromatic heterocycles. The van der Waals surface area contributed by atoms with Gasteiger partial charge in [-0.15, -0.1) is 11.3 Å². The van der Waals surface area contributed by atoms with E-state index < -0.39 is 0 Å². The Morgan fingerprint density at radius 3 is 2.43 bits per heavy atom. The number of nitrogens with one attached hydrogen (secondary N) is 1. The molecule has 0 saturated carbocycles. The lowest BCUT2D eigenvalue weighted by molar-refractivity contribution is 0.318. The van der Waals surface area contributed by atoms with Gasteiger partial charge in [-0.25, -0.2) is 0 Å². The molecule has 1 nitrogen and oxygen atoms in total. The number of hydrogen-bond acceptors (Lipinski definition) is 2. The molecule has 0 bridgehead atoms. The van der Waals surface area contributed by atoms with Gasteiger partial charge in [0, 0.05) is 10.7 Å². The lowest BCUT2D eigenvalue weighted by atomic mass is 9.85. The van der Waals surface area contributed by atoms with Crippen molar-refractivity contribution in [3.8, 4) is 0 Å². The molecule has 2 heteroatoms. The van der Waals surface area contributed by atoms with Gasteiger partial charge in [-0.2, -0.15) is 0 Å². The Morgan fingerprint density at radius 1 is 1.00 bits per heavy atom. The molecule has 1 unspecified atom stereocenters. The van der Waals surface area contributed by atoms with Gasteiger partial charge in [-0.05, 0) is 54.1 Å². The molecule has 2 aromatic rings. The van der Waals surface area contributed by atoms with E-state index in [0.29, 0.717) is 6.04 Å². The molecule has 0 aliphatic heterocycles. The van der Waals surface area contributed by atoms with Crippen LogP contribution in [0.15, 0.2) is 29.6 Å². The minimum atomic E-state index is 0.507. The van der Waals surface area contributed by atoms with Crippen molar-refractivity contribution in [2.24, 2.45) is 5.92 Å². The highest BCUT2D eigenvalue weighted by Gasteiger charge is 2.23. The molecular weight excluding hydrogens is 274 g/mol. The molecule has 0 saturated heterocycles. The largest absolute Gasteiger partial charge is 0.310 e. The van der Waals surface area contributed by atoms with Gasteiger partial charge in [0.15, 0.2) is 0 Å². The summed E-state index contributed by atoms with van der Waals surface area (Å²) in [6.45, 7) is 7.98. The molecule has 0 aliphatic carbocycles. The summed E-state index contributed by atoms with van der Waals surface area (Å²) < 4.78 is 1.48. The third-order valence-corrected chi connectivity index (χ3v) is 5.23. The van der Waals surface area contributed by atoms with E-state index in [0.717, 1.165) is 12.5 Å². The van der Waals surface area contributed by atoms with Crippen LogP contribution >= 0.6 is 11.3 Å². The van der Waals surface area contributed by atoms with Gasteiger partial charge in [-0.3, -0.25) is 0 Å². The second-order valence-corrected chi connectivity index (χ2v) is 6.87. The van der Waals surface area contributed by atoms with E-state index in [1.54, 1.807) is 0 Å². The molecule has 21 heavy (non-hydrogen) atoms. The van der Waals surface area contributed by atoms with E-state index >= 15 is 0 Å². The number of rotatable bonds is 9. The molecule has 1 atom stereocenters. The maximum absolute atomic E-state index is 3.84. The SMILES string of the molecule is CCCNC(c1cccc2ccsc12)C(CCC)CCC. The Bertz CT molecular complexity index is 525. The van der Waals surface area contributed by atoms with Crippen LogP contribution in [0.2, 0.25) is 0 Å². The third-order valence-electron chi connectivity index (χ3n) is 4.25. The van der Waals surface area contributed by atoms with Crippen molar-refractivity contribution in [3.63, 3.8) is 0 Å². The highest BCUT2D eigenvalue weighted by Crippen LogP contribution is 2.36. The Morgan fingerprint density at radius 2 is 1.76 bits per heavy atom. The summed E-state index contributed by atoms with van der Waals surface area (Å²) in [5, 5.41) is 7.46. The van der Waals surface area contributed by atoms with Gasteiger partial charge in [0.05, 0.1) is 0 Å². The van der Waals surface area contributed by atoms with Gasteiger partial charge in [-0.1, -0.05) is 51.8 Å². The first-order valence-corrected chi connectivity index (χ1v) is 9.39. The topological polar surface area (TPSA) is 12.0 Å². The van der Waals surface area contributed by atoms with Crippen LogP contribution in [0.5, 0.6) is 0 Å². The normalized spacial score (nSPS) is 13.1. The van der Waals surface area contributed by atoms with Crippen molar-refractivity contribution in [1.82, 2.24) is 5.32 Å². The van der Waals surface area contributed by atoms with E-state index in [1.165, 1.54) is 47.8 Å². The smallest absolute Gasteiger partial charge is 0.0390 e. The van der Waals surface area contributed by atoms with Crippen molar-refractivity contribution in [2.75, 3.05) is 6.54 Å². The van der Waals surface area contributed by atoms with E-state index in [-0.39, 0.29) is 0 Å². The van der Waals surface area contributed by atoms with Crippen molar-refractivity contribution in [2.45, 2.75) is 58.9 Å². The van der Waals surface area contributed by atoms with E-state index in [4.69, 9.17) is 0 Å². The van der Waals surface area contributed by atoms with Crippen LogP contribution in [0.1, 0.15) is 64.5 Å². The van der Waals surface area contributed by atoms with Crippen molar-refractivity contribution in [3.05, 3.63) is 35.2 Å². The predicted molar refractivity (Wildman–Crippen MR) is 96.2 cm³/mol. The molecule has 0 radical (unpaired) electrons. The lowest BCUT2D eigenvalue weighted by Gasteiger charge is -2.29. The average Bonchev–Trinajstić information content (AvgIpc) is 2.97. The molecule has 116 valence electrons. The minimum Gasteiger partial charge on any atom is -0.310 e. The summed E-state index contributed by atoms with van der Waals surface area (Å²) in [5.41, 5.74) is 1.52. The van der Waals surface area contributed by atoms with Crippen LogP contribution < -0.4 is 5.32 Å². The summed E-state index contributed by atoms with van der Waals surface area (Å²) in [4.78, 5) is 0. The standard InChI is InChI=1S/C19H29NS/c1-4-8-15(9-5-2)18(20-13-6-3)17-11-7-10-16-12-14-21-19(16)17/h7,10-12,14-15,18,20H,4-6,8-9,13H2,1-3H3. The Labute approximate surface area is 133 Å². The molecule has 2 rings (SSSR count). The summed E-state index contributed by atoms with van der Waals surface area (Å²) in [7, 11) is 0. The Hall–Kier alpha value is -0.860. The Kier molecular flexibility index (Phi) is 6.72. The fourth-order valence-corrected chi connectivity index (χ4v) is 4.26. The van der Waals surface area contributed by atoms with Crippen molar-refractivity contribution in [1.29, 1.82) is 0 Å². The fraction of sp³-hybridized carbons (Fsp3) is 0.579. The first kappa shape index (κ1) is 16.5. The minimum absolute atomic E-state index is 0.507. The summed E-state index contributed by atoms with van der Waals surface area (Å²) >= 11 is 1.89. The lowest BCUT2D eigenvalue weighted by Crippen LogP contribution is -2.29. The molecule has 0 amide bonds. The van der Waals surface area contributed by atoms with Crippen molar-refractivity contribution >= 4 is 21.4 Å². The number of benzene rings is 1. The Balaban J connectivity index is 2.35. The van der Waals surface area contributed by atoms with E-state index in [2.05, 4.69) is 55.7 Å². The summed E-state index contributed by atoms with van der Waals surface area (Å²) in [5.74, 6) is 0.749. The van der Waals surface area contributed by atoms with E-state index in [9.17, 15) is 0 Å². The van der Waals surface area contributed by atoms with Gasteiger partial charge in [0.1, 0.15) is 0 Å². The van der Waals surface area contributed by atoms with E-state index in [1.807, 2.05) is 11.3 Å².